The summed E-state index contributed by atoms with van der Waals surface area (Å²) < 4.78 is 5.54. The topological polar surface area (TPSA) is 56.3 Å². The van der Waals surface area contributed by atoms with Crippen molar-refractivity contribution >= 4 is 5.97 Å². The molecule has 2 heterocycles. The van der Waals surface area contributed by atoms with Crippen molar-refractivity contribution in [1.82, 2.24) is 14.7 Å². The third-order valence-electron chi connectivity index (χ3n) is 5.40. The summed E-state index contributed by atoms with van der Waals surface area (Å²) in [7, 11) is 1.99. The summed E-state index contributed by atoms with van der Waals surface area (Å²) >= 11 is 0. The van der Waals surface area contributed by atoms with E-state index >= 15 is 0 Å². The molecule has 2 rings (SSSR count). The number of ether oxygens (including phenoxy) is 1. The van der Waals surface area contributed by atoms with Crippen LogP contribution >= 0.6 is 0 Å². The summed E-state index contributed by atoms with van der Waals surface area (Å²) in [4.78, 5) is 18.9. The van der Waals surface area contributed by atoms with Crippen LogP contribution in [0.2, 0.25) is 0 Å². The Balaban J connectivity index is 2.39. The van der Waals surface area contributed by atoms with Crippen molar-refractivity contribution in [1.29, 1.82) is 0 Å². The number of carbonyl (C=O) groups is 1. The lowest BCUT2D eigenvalue weighted by Gasteiger charge is -2.47. The first-order valence-electron chi connectivity index (χ1n) is 10.1. The highest BCUT2D eigenvalue weighted by Crippen LogP contribution is 2.32. The van der Waals surface area contributed by atoms with Crippen molar-refractivity contribution in [3.8, 4) is 0 Å². The summed E-state index contributed by atoms with van der Waals surface area (Å²) in [5, 5.41) is 9.91. The molecule has 1 N–H and O–H groups in total. The number of hydrogen-bond donors (Lipinski definition) is 1. The molecule has 2 aliphatic rings. The highest BCUT2D eigenvalue weighted by atomic mass is 16.5. The largest absolute Gasteiger partial charge is 0.478 e. The van der Waals surface area contributed by atoms with Gasteiger partial charge in [0.05, 0.1) is 13.2 Å². The third kappa shape index (κ3) is 5.48. The summed E-state index contributed by atoms with van der Waals surface area (Å²) in [6.07, 6.45) is 4.35. The Labute approximate surface area is 164 Å². The second kappa shape index (κ2) is 9.11. The maximum absolute atomic E-state index is 12.1. The molecule has 0 saturated carbocycles. The zero-order chi connectivity index (χ0) is 20.2. The van der Waals surface area contributed by atoms with Gasteiger partial charge in [-0.1, -0.05) is 20.8 Å². The third-order valence-corrected chi connectivity index (χ3v) is 5.40. The van der Waals surface area contributed by atoms with E-state index in [1.54, 1.807) is 0 Å². The molecular weight excluding hydrogens is 342 g/mol. The van der Waals surface area contributed by atoms with E-state index in [-0.39, 0.29) is 11.6 Å². The van der Waals surface area contributed by atoms with Gasteiger partial charge >= 0.3 is 5.97 Å². The SMILES string of the molecule is CCN(C)C1=C(C(=O)O)C(C)=CC(N2CCOCC2)N1CCCC(C)(C)C. The second-order valence-corrected chi connectivity index (χ2v) is 8.79. The number of hydrogen-bond acceptors (Lipinski definition) is 5. The van der Waals surface area contributed by atoms with E-state index in [9.17, 15) is 9.90 Å². The molecule has 0 amide bonds. The summed E-state index contributed by atoms with van der Waals surface area (Å²) in [5.74, 6) is -0.00398. The average molecular weight is 380 g/mol. The van der Waals surface area contributed by atoms with Crippen LogP contribution in [0.4, 0.5) is 0 Å². The van der Waals surface area contributed by atoms with Gasteiger partial charge in [-0.15, -0.1) is 0 Å². The lowest BCUT2D eigenvalue weighted by atomic mass is 9.90. The standard InChI is InChI=1S/C21H37N3O3/c1-7-22(6)19-18(20(25)26)16(2)15-17(23-11-13-27-14-12-23)24(19)10-8-9-21(3,4)5/h15,17H,7-14H2,1-6H3,(H,25,26). The van der Waals surface area contributed by atoms with Gasteiger partial charge < -0.3 is 19.6 Å². The first-order chi connectivity index (χ1) is 12.7. The molecule has 27 heavy (non-hydrogen) atoms. The van der Waals surface area contributed by atoms with Crippen LogP contribution in [0, 0.1) is 5.41 Å². The number of carboxylic acid groups (broad SMARTS) is 1. The fraction of sp³-hybridized carbons (Fsp3) is 0.762. The first kappa shape index (κ1) is 21.8. The minimum Gasteiger partial charge on any atom is -0.478 e. The van der Waals surface area contributed by atoms with Gasteiger partial charge in [0.1, 0.15) is 17.6 Å². The molecule has 6 heteroatoms. The summed E-state index contributed by atoms with van der Waals surface area (Å²) in [5.41, 5.74) is 1.55. The molecular formula is C21H37N3O3. The molecule has 1 unspecified atom stereocenters. The van der Waals surface area contributed by atoms with E-state index in [1.165, 1.54) is 0 Å². The van der Waals surface area contributed by atoms with Crippen molar-refractivity contribution in [2.45, 2.75) is 53.6 Å². The summed E-state index contributed by atoms with van der Waals surface area (Å²) in [6, 6.07) is 0. The van der Waals surface area contributed by atoms with Gasteiger partial charge in [-0.3, -0.25) is 4.90 Å². The van der Waals surface area contributed by atoms with E-state index in [1.807, 2.05) is 14.0 Å². The quantitative estimate of drug-likeness (QED) is 0.734. The average Bonchev–Trinajstić information content (AvgIpc) is 2.60. The first-order valence-corrected chi connectivity index (χ1v) is 10.1. The number of rotatable bonds is 7. The van der Waals surface area contributed by atoms with Crippen LogP contribution in [0.1, 0.15) is 47.5 Å². The van der Waals surface area contributed by atoms with Crippen molar-refractivity contribution in [3.05, 3.63) is 23.0 Å². The predicted octanol–water partition coefficient (Wildman–Crippen LogP) is 2.98. The zero-order valence-electron chi connectivity index (χ0n) is 17.9. The van der Waals surface area contributed by atoms with E-state index in [0.29, 0.717) is 5.57 Å². The Morgan fingerprint density at radius 3 is 2.48 bits per heavy atom. The van der Waals surface area contributed by atoms with Crippen molar-refractivity contribution in [3.63, 3.8) is 0 Å². The van der Waals surface area contributed by atoms with E-state index in [0.717, 1.165) is 63.6 Å². The monoisotopic (exact) mass is 379 g/mol. The molecule has 0 aliphatic carbocycles. The Bertz CT molecular complexity index is 586. The van der Waals surface area contributed by atoms with Crippen molar-refractivity contribution < 1.29 is 14.6 Å². The molecule has 6 nitrogen and oxygen atoms in total. The minimum absolute atomic E-state index is 0.0842. The van der Waals surface area contributed by atoms with E-state index in [2.05, 4.69) is 48.5 Å². The molecule has 0 radical (unpaired) electrons. The fourth-order valence-electron chi connectivity index (χ4n) is 3.83. The van der Waals surface area contributed by atoms with Crippen molar-refractivity contribution in [2.75, 3.05) is 46.4 Å². The Kier molecular flexibility index (Phi) is 7.34. The Hall–Kier alpha value is -1.53. The van der Waals surface area contributed by atoms with Crippen LogP contribution in [-0.2, 0) is 9.53 Å². The molecule has 1 saturated heterocycles. The molecule has 0 spiro atoms. The maximum atomic E-state index is 12.1. The zero-order valence-corrected chi connectivity index (χ0v) is 17.9. The van der Waals surface area contributed by atoms with Gasteiger partial charge in [-0.25, -0.2) is 4.79 Å². The highest BCUT2D eigenvalue weighted by molar-refractivity contribution is 5.92. The van der Waals surface area contributed by atoms with Gasteiger partial charge in [-0.2, -0.15) is 0 Å². The molecule has 1 fully saturated rings. The molecule has 1 atom stereocenters. The van der Waals surface area contributed by atoms with Crippen LogP contribution in [0.5, 0.6) is 0 Å². The Morgan fingerprint density at radius 1 is 1.33 bits per heavy atom. The molecule has 154 valence electrons. The lowest BCUT2D eigenvalue weighted by molar-refractivity contribution is -0.132. The lowest BCUT2D eigenvalue weighted by Crippen LogP contribution is -2.55. The van der Waals surface area contributed by atoms with Gasteiger partial charge in [0.15, 0.2) is 0 Å². The molecule has 0 aromatic carbocycles. The van der Waals surface area contributed by atoms with Crippen LogP contribution in [0.15, 0.2) is 23.0 Å². The number of aliphatic carboxylic acids is 1. The molecule has 0 aromatic heterocycles. The van der Waals surface area contributed by atoms with Gasteiger partial charge in [0.25, 0.3) is 0 Å². The fourth-order valence-corrected chi connectivity index (χ4v) is 3.83. The smallest absolute Gasteiger partial charge is 0.339 e. The minimum atomic E-state index is -0.847. The van der Waals surface area contributed by atoms with Crippen LogP contribution in [0.25, 0.3) is 0 Å². The van der Waals surface area contributed by atoms with Crippen LogP contribution in [0.3, 0.4) is 0 Å². The van der Waals surface area contributed by atoms with E-state index in [4.69, 9.17) is 4.74 Å². The number of morpholine rings is 1. The Morgan fingerprint density at radius 2 is 1.96 bits per heavy atom. The number of nitrogens with zero attached hydrogens (tertiary/aromatic N) is 3. The van der Waals surface area contributed by atoms with Crippen molar-refractivity contribution in [2.24, 2.45) is 5.41 Å². The van der Waals surface area contributed by atoms with Gasteiger partial charge in [0.2, 0.25) is 0 Å². The molecule has 0 bridgehead atoms. The number of carboxylic acids is 1. The van der Waals surface area contributed by atoms with E-state index < -0.39 is 5.97 Å². The maximum Gasteiger partial charge on any atom is 0.339 e. The van der Waals surface area contributed by atoms with Crippen LogP contribution in [-0.4, -0.2) is 78.4 Å². The molecule has 0 aromatic rings. The van der Waals surface area contributed by atoms with Crippen LogP contribution < -0.4 is 0 Å². The van der Waals surface area contributed by atoms with Gasteiger partial charge in [0, 0.05) is 33.2 Å². The normalized spacial score (nSPS) is 22.1. The molecule has 2 aliphatic heterocycles. The second-order valence-electron chi connectivity index (χ2n) is 8.79. The predicted molar refractivity (Wildman–Crippen MR) is 108 cm³/mol. The highest BCUT2D eigenvalue weighted by Gasteiger charge is 2.35. The summed E-state index contributed by atoms with van der Waals surface area (Å²) in [6.45, 7) is 15.6. The van der Waals surface area contributed by atoms with Gasteiger partial charge in [-0.05, 0) is 43.8 Å².